The van der Waals surface area contributed by atoms with Crippen molar-refractivity contribution >= 4 is 5.97 Å². The third-order valence-corrected chi connectivity index (χ3v) is 5.67. The minimum atomic E-state index is -0.0737. The van der Waals surface area contributed by atoms with Crippen LogP contribution >= 0.6 is 0 Å². The third-order valence-electron chi connectivity index (χ3n) is 5.67. The van der Waals surface area contributed by atoms with Crippen molar-refractivity contribution in [3.05, 3.63) is 71.8 Å². The van der Waals surface area contributed by atoms with Gasteiger partial charge in [0, 0.05) is 18.9 Å². The zero-order chi connectivity index (χ0) is 18.9. The molecule has 2 aromatic carbocycles. The van der Waals surface area contributed by atoms with E-state index in [4.69, 9.17) is 4.74 Å². The molecule has 0 aromatic heterocycles. The van der Waals surface area contributed by atoms with Crippen molar-refractivity contribution in [2.45, 2.75) is 38.0 Å². The van der Waals surface area contributed by atoms with Crippen molar-refractivity contribution in [3.8, 4) is 0 Å². The summed E-state index contributed by atoms with van der Waals surface area (Å²) in [6, 6.07) is 21.7. The number of rotatable bonds is 9. The highest BCUT2D eigenvalue weighted by atomic mass is 16.5. The molecule has 1 heterocycles. The second-order valence-electron chi connectivity index (χ2n) is 7.61. The van der Waals surface area contributed by atoms with E-state index in [1.54, 1.807) is 0 Å². The smallest absolute Gasteiger partial charge is 0.305 e. The number of likely N-dealkylation sites (tertiary alicyclic amines) is 1. The summed E-state index contributed by atoms with van der Waals surface area (Å²) in [5.74, 6) is 0.868. The van der Waals surface area contributed by atoms with Gasteiger partial charge in [0.1, 0.15) is 0 Å². The molecule has 3 nitrogen and oxygen atoms in total. The molecule has 1 aliphatic rings. The molecule has 0 aliphatic carbocycles. The summed E-state index contributed by atoms with van der Waals surface area (Å²) in [5, 5.41) is 0. The van der Waals surface area contributed by atoms with E-state index in [1.165, 1.54) is 37.5 Å². The highest BCUT2D eigenvalue weighted by Crippen LogP contribution is 2.30. The standard InChI is InChI=1S/C24H31NO2/c1-27-24(26)18-20-15-17-25(19-20)16-9-8-14-23(21-10-4-2-5-11-21)22-12-6-3-7-13-22/h2-7,10-13,20,23H,8-9,14-19H2,1H3. The van der Waals surface area contributed by atoms with Gasteiger partial charge in [0.25, 0.3) is 0 Å². The Morgan fingerprint density at radius 3 is 2.26 bits per heavy atom. The number of nitrogens with zero attached hydrogens (tertiary/aromatic N) is 1. The van der Waals surface area contributed by atoms with Gasteiger partial charge in [-0.1, -0.05) is 67.1 Å². The first-order valence-electron chi connectivity index (χ1n) is 10.2. The van der Waals surface area contributed by atoms with E-state index in [2.05, 4.69) is 65.6 Å². The van der Waals surface area contributed by atoms with Crippen LogP contribution in [0.15, 0.2) is 60.7 Å². The van der Waals surface area contributed by atoms with Gasteiger partial charge < -0.3 is 9.64 Å². The van der Waals surface area contributed by atoms with E-state index in [0.717, 1.165) is 26.1 Å². The quantitative estimate of drug-likeness (QED) is 0.469. The van der Waals surface area contributed by atoms with Crippen LogP contribution in [-0.2, 0) is 9.53 Å². The highest BCUT2D eigenvalue weighted by molar-refractivity contribution is 5.69. The monoisotopic (exact) mass is 365 g/mol. The summed E-state index contributed by atoms with van der Waals surface area (Å²) in [6.45, 7) is 3.28. The Morgan fingerprint density at radius 1 is 1.04 bits per heavy atom. The van der Waals surface area contributed by atoms with Gasteiger partial charge >= 0.3 is 5.97 Å². The molecule has 3 heteroatoms. The second kappa shape index (κ2) is 10.3. The Bertz CT molecular complexity index is 647. The fourth-order valence-corrected chi connectivity index (χ4v) is 4.18. The Morgan fingerprint density at radius 2 is 1.67 bits per heavy atom. The summed E-state index contributed by atoms with van der Waals surface area (Å²) in [4.78, 5) is 13.9. The van der Waals surface area contributed by atoms with Crippen molar-refractivity contribution in [1.29, 1.82) is 0 Å². The van der Waals surface area contributed by atoms with Crippen molar-refractivity contribution in [2.75, 3.05) is 26.7 Å². The van der Waals surface area contributed by atoms with Gasteiger partial charge in [-0.25, -0.2) is 0 Å². The van der Waals surface area contributed by atoms with Crippen LogP contribution in [0.25, 0.3) is 0 Å². The molecular formula is C24H31NO2. The SMILES string of the molecule is COC(=O)CC1CCN(CCCCC(c2ccccc2)c2ccccc2)C1. The molecule has 27 heavy (non-hydrogen) atoms. The Labute approximate surface area is 163 Å². The molecule has 0 amide bonds. The van der Waals surface area contributed by atoms with Crippen LogP contribution in [0, 0.1) is 5.92 Å². The van der Waals surface area contributed by atoms with Crippen molar-refractivity contribution < 1.29 is 9.53 Å². The first kappa shape index (κ1) is 19.6. The lowest BCUT2D eigenvalue weighted by molar-refractivity contribution is -0.141. The molecule has 0 bridgehead atoms. The van der Waals surface area contributed by atoms with E-state index in [0.29, 0.717) is 18.3 Å². The largest absolute Gasteiger partial charge is 0.469 e. The Hall–Kier alpha value is -2.13. The second-order valence-corrected chi connectivity index (χ2v) is 7.61. The maximum atomic E-state index is 11.4. The van der Waals surface area contributed by atoms with Gasteiger partial charge in [-0.2, -0.15) is 0 Å². The number of methoxy groups -OCH3 is 1. The number of hydrogen-bond donors (Lipinski definition) is 0. The average molecular weight is 366 g/mol. The molecule has 0 N–H and O–H groups in total. The fraction of sp³-hybridized carbons (Fsp3) is 0.458. The van der Waals surface area contributed by atoms with Gasteiger partial charge in [-0.3, -0.25) is 4.79 Å². The molecule has 0 saturated carbocycles. The molecule has 1 unspecified atom stereocenters. The number of hydrogen-bond acceptors (Lipinski definition) is 3. The summed E-state index contributed by atoms with van der Waals surface area (Å²) in [5.41, 5.74) is 2.81. The fourth-order valence-electron chi connectivity index (χ4n) is 4.18. The van der Waals surface area contributed by atoms with E-state index < -0.39 is 0 Å². The number of benzene rings is 2. The summed E-state index contributed by atoms with van der Waals surface area (Å²) >= 11 is 0. The van der Waals surface area contributed by atoms with Crippen LogP contribution in [-0.4, -0.2) is 37.6 Å². The minimum absolute atomic E-state index is 0.0737. The van der Waals surface area contributed by atoms with Gasteiger partial charge in [-0.15, -0.1) is 0 Å². The molecule has 0 radical (unpaired) electrons. The van der Waals surface area contributed by atoms with Crippen molar-refractivity contribution in [2.24, 2.45) is 5.92 Å². The average Bonchev–Trinajstić information content (AvgIpc) is 3.16. The van der Waals surface area contributed by atoms with Crippen LogP contribution in [0.5, 0.6) is 0 Å². The van der Waals surface area contributed by atoms with Gasteiger partial charge in [0.15, 0.2) is 0 Å². The van der Waals surface area contributed by atoms with E-state index in [1.807, 2.05) is 0 Å². The van der Waals surface area contributed by atoms with Crippen LogP contribution in [0.3, 0.4) is 0 Å². The molecule has 1 aliphatic heterocycles. The molecule has 1 atom stereocenters. The first-order chi connectivity index (χ1) is 13.3. The molecule has 2 aromatic rings. The number of unbranched alkanes of at least 4 members (excludes halogenated alkanes) is 1. The number of ether oxygens (including phenoxy) is 1. The van der Waals surface area contributed by atoms with Crippen LogP contribution in [0.4, 0.5) is 0 Å². The van der Waals surface area contributed by atoms with Crippen LogP contribution in [0.2, 0.25) is 0 Å². The Balaban J connectivity index is 1.47. The molecular weight excluding hydrogens is 334 g/mol. The van der Waals surface area contributed by atoms with Crippen molar-refractivity contribution in [1.82, 2.24) is 4.90 Å². The van der Waals surface area contributed by atoms with Gasteiger partial charge in [0.05, 0.1) is 7.11 Å². The van der Waals surface area contributed by atoms with E-state index in [9.17, 15) is 4.79 Å². The normalized spacial score (nSPS) is 17.3. The summed E-state index contributed by atoms with van der Waals surface area (Å²) in [7, 11) is 1.48. The topological polar surface area (TPSA) is 29.5 Å². The zero-order valence-corrected chi connectivity index (χ0v) is 16.3. The van der Waals surface area contributed by atoms with Gasteiger partial charge in [-0.05, 0) is 49.4 Å². The maximum absolute atomic E-state index is 11.4. The molecule has 144 valence electrons. The van der Waals surface area contributed by atoms with Gasteiger partial charge in [0.2, 0.25) is 0 Å². The number of carbonyl (C=O) groups is 1. The predicted octanol–water partition coefficient (Wildman–Crippen LogP) is 4.87. The highest BCUT2D eigenvalue weighted by Gasteiger charge is 2.24. The van der Waals surface area contributed by atoms with E-state index >= 15 is 0 Å². The van der Waals surface area contributed by atoms with Crippen LogP contribution < -0.4 is 0 Å². The molecule has 1 fully saturated rings. The lowest BCUT2D eigenvalue weighted by atomic mass is 9.87. The molecule has 0 spiro atoms. The van der Waals surface area contributed by atoms with Crippen molar-refractivity contribution in [3.63, 3.8) is 0 Å². The lowest BCUT2D eigenvalue weighted by Gasteiger charge is -2.20. The summed E-state index contributed by atoms with van der Waals surface area (Å²) < 4.78 is 4.80. The molecule has 1 saturated heterocycles. The van der Waals surface area contributed by atoms with Crippen LogP contribution in [0.1, 0.15) is 49.1 Å². The minimum Gasteiger partial charge on any atom is -0.469 e. The lowest BCUT2D eigenvalue weighted by Crippen LogP contribution is -2.22. The number of esters is 1. The number of carbonyl (C=O) groups excluding carboxylic acids is 1. The first-order valence-corrected chi connectivity index (χ1v) is 10.2. The van der Waals surface area contributed by atoms with E-state index in [-0.39, 0.29) is 5.97 Å². The maximum Gasteiger partial charge on any atom is 0.305 e. The predicted molar refractivity (Wildman–Crippen MR) is 110 cm³/mol. The molecule has 3 rings (SSSR count). The summed E-state index contributed by atoms with van der Waals surface area (Å²) in [6.07, 6.45) is 5.28. The zero-order valence-electron chi connectivity index (χ0n) is 16.3. The Kier molecular flexibility index (Phi) is 7.46. The third kappa shape index (κ3) is 5.93.